The summed E-state index contributed by atoms with van der Waals surface area (Å²) >= 11 is 7.00. The molecule has 0 saturated heterocycles. The molecule has 196 valence electrons. The van der Waals surface area contributed by atoms with Crippen LogP contribution in [0.1, 0.15) is 30.7 Å². The van der Waals surface area contributed by atoms with E-state index in [0.29, 0.717) is 34.3 Å². The molecule has 0 aliphatic heterocycles. The first-order valence-corrected chi connectivity index (χ1v) is 14.5. The number of aromatic nitrogens is 2. The van der Waals surface area contributed by atoms with Gasteiger partial charge >= 0.3 is 0 Å². The molecule has 0 bridgehead atoms. The summed E-state index contributed by atoms with van der Waals surface area (Å²) in [7, 11) is -2.10. The summed E-state index contributed by atoms with van der Waals surface area (Å²) in [6.45, 7) is 4.65. The van der Waals surface area contributed by atoms with Gasteiger partial charge in [-0.15, -0.1) is 11.3 Å². The highest BCUT2D eigenvalue weighted by molar-refractivity contribution is 7.92. The predicted octanol–water partition coefficient (Wildman–Crippen LogP) is 4.38. The molecule has 2 heterocycles. The number of carbonyl (C=O) groups excluding carboxylic acids is 1. The number of carbonyl (C=O) groups is 1. The van der Waals surface area contributed by atoms with Crippen molar-refractivity contribution in [2.45, 2.75) is 36.9 Å². The van der Waals surface area contributed by atoms with Gasteiger partial charge < -0.3 is 15.8 Å². The number of nitrogens with two attached hydrogens (primary N) is 1. The molecule has 11 heteroatoms. The minimum atomic E-state index is -3.65. The largest absolute Gasteiger partial charge is 0.496 e. The van der Waals surface area contributed by atoms with E-state index in [1.54, 1.807) is 37.8 Å². The minimum Gasteiger partial charge on any atom is -0.496 e. The molecule has 0 saturated carbocycles. The second-order valence-electron chi connectivity index (χ2n) is 9.37. The number of thiophene rings is 1. The fraction of sp³-hybridized carbons (Fsp3) is 0.308. The standard InChI is InChI=1S/C26H29ClN4O4S2/c1-26(2,16-28)25(32)29-13-17-6-4-7-18(12-17)14-31-20-8-5-9-21(35-3)24(20)19(30-31)15-37(33,34)23-11-10-22(27)36-23/h4-12H,13-16,28H2,1-3H3,(H,29,32). The Bertz CT molecular complexity index is 1540. The smallest absolute Gasteiger partial charge is 0.227 e. The first kappa shape index (κ1) is 27.1. The molecular weight excluding hydrogens is 532 g/mol. The monoisotopic (exact) mass is 560 g/mol. The molecule has 0 aliphatic carbocycles. The lowest BCUT2D eigenvalue weighted by Crippen LogP contribution is -2.41. The quantitative estimate of drug-likeness (QED) is 0.297. The number of ether oxygens (including phenoxy) is 1. The normalized spacial score (nSPS) is 12.1. The zero-order chi connectivity index (χ0) is 26.8. The highest BCUT2D eigenvalue weighted by Crippen LogP contribution is 2.33. The Morgan fingerprint density at radius 1 is 1.16 bits per heavy atom. The summed E-state index contributed by atoms with van der Waals surface area (Å²) in [5.41, 5.74) is 8.12. The van der Waals surface area contributed by atoms with Gasteiger partial charge in [-0.25, -0.2) is 8.42 Å². The highest BCUT2D eigenvalue weighted by Gasteiger charge is 2.26. The Morgan fingerprint density at radius 3 is 2.57 bits per heavy atom. The fourth-order valence-electron chi connectivity index (χ4n) is 3.91. The van der Waals surface area contributed by atoms with Crippen LogP contribution in [0.15, 0.2) is 58.8 Å². The molecule has 3 N–H and O–H groups in total. The molecule has 2 aromatic heterocycles. The average molecular weight is 561 g/mol. The Hall–Kier alpha value is -2.92. The van der Waals surface area contributed by atoms with Crippen LogP contribution < -0.4 is 15.8 Å². The predicted molar refractivity (Wildman–Crippen MR) is 147 cm³/mol. The first-order valence-electron chi connectivity index (χ1n) is 11.6. The molecule has 4 rings (SSSR count). The van der Waals surface area contributed by atoms with Crippen LogP contribution in [0.2, 0.25) is 4.34 Å². The number of hydrogen-bond acceptors (Lipinski definition) is 7. The molecule has 0 spiro atoms. The second-order valence-corrected chi connectivity index (χ2v) is 13.3. The van der Waals surface area contributed by atoms with E-state index in [9.17, 15) is 13.2 Å². The summed E-state index contributed by atoms with van der Waals surface area (Å²) in [4.78, 5) is 12.4. The van der Waals surface area contributed by atoms with Crippen molar-refractivity contribution in [1.29, 1.82) is 0 Å². The van der Waals surface area contributed by atoms with Crippen molar-refractivity contribution in [2.75, 3.05) is 13.7 Å². The average Bonchev–Trinajstić information content (AvgIpc) is 3.46. The molecule has 0 radical (unpaired) electrons. The van der Waals surface area contributed by atoms with Gasteiger partial charge in [0.25, 0.3) is 0 Å². The number of sulfone groups is 1. The first-order chi connectivity index (χ1) is 17.5. The number of nitrogens with one attached hydrogen (secondary N) is 1. The molecule has 0 aliphatic rings. The summed E-state index contributed by atoms with van der Waals surface area (Å²) in [5, 5.41) is 8.30. The Balaban J connectivity index is 1.63. The highest BCUT2D eigenvalue weighted by atomic mass is 35.5. The summed E-state index contributed by atoms with van der Waals surface area (Å²) in [6, 6.07) is 16.4. The number of halogens is 1. The zero-order valence-corrected chi connectivity index (χ0v) is 23.2. The van der Waals surface area contributed by atoms with Crippen LogP contribution in [-0.4, -0.2) is 37.8 Å². The number of fused-ring (bicyclic) bond motifs is 1. The van der Waals surface area contributed by atoms with Gasteiger partial charge in [0.1, 0.15) is 15.7 Å². The summed E-state index contributed by atoms with van der Waals surface area (Å²) in [5.74, 6) is 0.164. The number of hydrogen-bond donors (Lipinski definition) is 2. The van der Waals surface area contributed by atoms with Crippen LogP contribution in [0.4, 0.5) is 0 Å². The third-order valence-corrected chi connectivity index (χ3v) is 9.56. The maximum absolute atomic E-state index is 13.1. The maximum Gasteiger partial charge on any atom is 0.227 e. The molecule has 37 heavy (non-hydrogen) atoms. The van der Waals surface area contributed by atoms with Crippen molar-refractivity contribution >= 4 is 49.6 Å². The lowest BCUT2D eigenvalue weighted by molar-refractivity contribution is -0.129. The lowest BCUT2D eigenvalue weighted by atomic mass is 9.92. The van der Waals surface area contributed by atoms with Crippen LogP contribution in [0.25, 0.3) is 10.9 Å². The van der Waals surface area contributed by atoms with E-state index in [1.807, 2.05) is 36.4 Å². The molecule has 0 unspecified atom stereocenters. The number of methoxy groups -OCH3 is 1. The van der Waals surface area contributed by atoms with Gasteiger partial charge in [0.15, 0.2) is 9.84 Å². The molecule has 0 atom stereocenters. The van der Waals surface area contributed by atoms with Gasteiger partial charge in [-0.05, 0) is 49.2 Å². The summed E-state index contributed by atoms with van der Waals surface area (Å²) in [6.07, 6.45) is 0. The van der Waals surface area contributed by atoms with Crippen molar-refractivity contribution in [1.82, 2.24) is 15.1 Å². The van der Waals surface area contributed by atoms with Gasteiger partial charge in [-0.3, -0.25) is 9.48 Å². The third-order valence-electron chi connectivity index (χ3n) is 6.12. The molecular formula is C26H29ClN4O4S2. The third kappa shape index (κ3) is 5.98. The zero-order valence-electron chi connectivity index (χ0n) is 20.8. The van der Waals surface area contributed by atoms with Crippen molar-refractivity contribution < 1.29 is 17.9 Å². The fourth-order valence-corrected chi connectivity index (χ4v) is 6.75. The van der Waals surface area contributed by atoms with Crippen LogP contribution in [0, 0.1) is 5.41 Å². The van der Waals surface area contributed by atoms with Gasteiger partial charge in [-0.1, -0.05) is 41.9 Å². The van der Waals surface area contributed by atoms with Gasteiger partial charge in [0.05, 0.1) is 40.0 Å². The molecule has 4 aromatic rings. The molecule has 2 aromatic carbocycles. The van der Waals surface area contributed by atoms with Crippen LogP contribution in [0.3, 0.4) is 0 Å². The van der Waals surface area contributed by atoms with E-state index < -0.39 is 15.3 Å². The Morgan fingerprint density at radius 2 is 1.89 bits per heavy atom. The number of amides is 1. The Kier molecular flexibility index (Phi) is 7.94. The SMILES string of the molecule is COc1cccc2c1c(CS(=O)(=O)c1ccc(Cl)s1)nn2Cc1cccc(CNC(=O)C(C)(C)CN)c1. The number of rotatable bonds is 10. The van der Waals surface area contributed by atoms with Crippen LogP contribution in [-0.2, 0) is 33.5 Å². The lowest BCUT2D eigenvalue weighted by Gasteiger charge is -2.21. The van der Waals surface area contributed by atoms with Crippen molar-refractivity contribution in [3.05, 3.63) is 75.8 Å². The van der Waals surface area contributed by atoms with E-state index in [1.165, 1.54) is 6.07 Å². The number of benzene rings is 2. The maximum atomic E-state index is 13.1. The molecule has 1 amide bonds. The topological polar surface area (TPSA) is 116 Å². The van der Waals surface area contributed by atoms with Gasteiger partial charge in [0.2, 0.25) is 5.91 Å². The van der Waals surface area contributed by atoms with Crippen molar-refractivity contribution in [2.24, 2.45) is 11.1 Å². The van der Waals surface area contributed by atoms with Crippen molar-refractivity contribution in [3.8, 4) is 5.75 Å². The Labute approximate surface area is 225 Å². The van der Waals surface area contributed by atoms with E-state index in [-0.39, 0.29) is 22.4 Å². The van der Waals surface area contributed by atoms with Gasteiger partial charge in [-0.2, -0.15) is 5.10 Å². The van der Waals surface area contributed by atoms with Crippen LogP contribution >= 0.6 is 22.9 Å². The van der Waals surface area contributed by atoms with E-state index in [4.69, 9.17) is 27.2 Å². The minimum absolute atomic E-state index is 0.108. The summed E-state index contributed by atoms with van der Waals surface area (Å²) < 4.78 is 34.2. The van der Waals surface area contributed by atoms with E-state index >= 15 is 0 Å². The van der Waals surface area contributed by atoms with Crippen LogP contribution in [0.5, 0.6) is 5.75 Å². The number of nitrogens with zero attached hydrogens (tertiary/aromatic N) is 2. The van der Waals surface area contributed by atoms with E-state index in [0.717, 1.165) is 28.0 Å². The van der Waals surface area contributed by atoms with Crippen molar-refractivity contribution in [3.63, 3.8) is 0 Å². The molecule has 8 nitrogen and oxygen atoms in total. The second kappa shape index (κ2) is 10.8. The van der Waals surface area contributed by atoms with E-state index in [2.05, 4.69) is 5.32 Å². The van der Waals surface area contributed by atoms with Gasteiger partial charge in [0, 0.05) is 13.1 Å². The molecule has 0 fully saturated rings.